The molecule has 188 valence electrons. The number of urea groups is 1. The van der Waals surface area contributed by atoms with E-state index < -0.39 is 11.6 Å². The largest absolute Gasteiger partial charge is 0.376 e. The summed E-state index contributed by atoms with van der Waals surface area (Å²) in [6.07, 6.45) is 7.42. The smallest absolute Gasteiger partial charge is 0.325 e. The number of ether oxygens (including phenoxy) is 1. The zero-order valence-electron chi connectivity index (χ0n) is 19.9. The van der Waals surface area contributed by atoms with Crippen molar-refractivity contribution in [3.8, 4) is 0 Å². The number of imide groups is 1. The second kappa shape index (κ2) is 10.2. The van der Waals surface area contributed by atoms with Crippen molar-refractivity contribution in [3.05, 3.63) is 71.8 Å². The minimum absolute atomic E-state index is 0.147. The third-order valence-electron chi connectivity index (χ3n) is 7.32. The maximum absolute atomic E-state index is 13.9. The van der Waals surface area contributed by atoms with E-state index in [1.54, 1.807) is 41.4 Å². The molecule has 3 fully saturated rings. The van der Waals surface area contributed by atoms with Crippen LogP contribution in [0.1, 0.15) is 36.9 Å². The van der Waals surface area contributed by atoms with E-state index in [0.29, 0.717) is 38.2 Å². The molecule has 0 aliphatic carbocycles. The molecule has 0 spiro atoms. The van der Waals surface area contributed by atoms with Gasteiger partial charge in [-0.2, -0.15) is 0 Å². The predicted octanol–water partition coefficient (Wildman–Crippen LogP) is 3.10. The molecular weight excluding hydrogens is 463 g/mol. The number of nitrogens with one attached hydrogen (secondary N) is 1. The number of piperidine rings is 1. The van der Waals surface area contributed by atoms with Gasteiger partial charge in [-0.05, 0) is 61.6 Å². The molecule has 36 heavy (non-hydrogen) atoms. The van der Waals surface area contributed by atoms with Crippen molar-refractivity contribution < 1.29 is 23.5 Å². The van der Waals surface area contributed by atoms with E-state index in [9.17, 15) is 18.8 Å². The lowest BCUT2D eigenvalue weighted by molar-refractivity contribution is -0.136. The summed E-state index contributed by atoms with van der Waals surface area (Å²) in [6, 6.07) is 10.8. The first-order valence-corrected chi connectivity index (χ1v) is 12.4. The van der Waals surface area contributed by atoms with Gasteiger partial charge in [-0.15, -0.1) is 0 Å². The number of pyridine rings is 1. The van der Waals surface area contributed by atoms with Gasteiger partial charge in [0.2, 0.25) is 5.91 Å². The number of likely N-dealkylation sites (tertiary alicyclic amines) is 1. The van der Waals surface area contributed by atoms with Crippen LogP contribution in [0.4, 0.5) is 9.18 Å². The molecule has 4 amide bonds. The molecule has 1 N–H and O–H groups in total. The number of hydrogen-bond donors (Lipinski definition) is 1. The van der Waals surface area contributed by atoms with Gasteiger partial charge >= 0.3 is 6.03 Å². The molecule has 0 unspecified atom stereocenters. The number of amides is 4. The molecule has 1 aromatic heterocycles. The van der Waals surface area contributed by atoms with Gasteiger partial charge in [0.25, 0.3) is 5.91 Å². The van der Waals surface area contributed by atoms with Gasteiger partial charge in [0.05, 0.1) is 18.3 Å². The highest BCUT2D eigenvalue weighted by atomic mass is 19.1. The van der Waals surface area contributed by atoms with E-state index in [-0.39, 0.29) is 36.2 Å². The molecule has 3 aliphatic heterocycles. The Bertz CT molecular complexity index is 1140. The maximum atomic E-state index is 13.9. The van der Waals surface area contributed by atoms with Crippen LogP contribution in [0.3, 0.4) is 0 Å². The molecule has 5 rings (SSSR count). The highest BCUT2D eigenvalue weighted by molar-refractivity contribution is 6.07. The first-order chi connectivity index (χ1) is 17.5. The zero-order chi connectivity index (χ0) is 25.1. The van der Waals surface area contributed by atoms with Gasteiger partial charge in [-0.3, -0.25) is 19.5 Å². The molecule has 4 heterocycles. The van der Waals surface area contributed by atoms with E-state index in [2.05, 4.69) is 10.3 Å². The quantitative estimate of drug-likeness (QED) is 0.494. The Morgan fingerprint density at radius 3 is 2.58 bits per heavy atom. The third-order valence-corrected chi connectivity index (χ3v) is 7.32. The third kappa shape index (κ3) is 4.63. The summed E-state index contributed by atoms with van der Waals surface area (Å²) < 4.78 is 18.8. The van der Waals surface area contributed by atoms with E-state index in [1.165, 1.54) is 23.1 Å². The second-order valence-corrected chi connectivity index (χ2v) is 9.49. The maximum Gasteiger partial charge on any atom is 0.325 e. The average molecular weight is 493 g/mol. The van der Waals surface area contributed by atoms with E-state index in [4.69, 9.17) is 4.74 Å². The van der Waals surface area contributed by atoms with Crippen LogP contribution in [0.15, 0.2) is 54.7 Å². The molecule has 1 aromatic carbocycles. The van der Waals surface area contributed by atoms with Crippen LogP contribution in [0.2, 0.25) is 0 Å². The molecule has 0 bridgehead atoms. The monoisotopic (exact) mass is 492 g/mol. The highest BCUT2D eigenvalue weighted by Gasteiger charge is 2.58. The SMILES string of the molecule is O=C(/C=C/c1ccc(F)cc1)N1CCC([C@@]2(c3ccccn3)NC(=O)N(C[C@@H]3CCCO3)C2=O)CC1. The topological polar surface area (TPSA) is 91.8 Å². The number of benzene rings is 1. The van der Waals surface area contributed by atoms with Crippen molar-refractivity contribution >= 4 is 23.9 Å². The number of rotatable bonds is 6. The molecular formula is C27H29FN4O4. The minimum atomic E-state index is -1.27. The van der Waals surface area contributed by atoms with E-state index in [0.717, 1.165) is 18.4 Å². The van der Waals surface area contributed by atoms with E-state index in [1.807, 2.05) is 6.07 Å². The summed E-state index contributed by atoms with van der Waals surface area (Å²) in [7, 11) is 0. The van der Waals surface area contributed by atoms with Crippen LogP contribution in [-0.2, 0) is 19.9 Å². The van der Waals surface area contributed by atoms with Crippen LogP contribution in [-0.4, -0.2) is 65.0 Å². The molecule has 2 atom stereocenters. The number of carbonyl (C=O) groups is 3. The van der Waals surface area contributed by atoms with Crippen LogP contribution in [0.5, 0.6) is 0 Å². The van der Waals surface area contributed by atoms with Crippen LogP contribution < -0.4 is 5.32 Å². The number of nitrogens with zero attached hydrogens (tertiary/aromatic N) is 3. The van der Waals surface area contributed by atoms with Crippen molar-refractivity contribution in [1.29, 1.82) is 0 Å². The Morgan fingerprint density at radius 2 is 1.92 bits per heavy atom. The summed E-state index contributed by atoms with van der Waals surface area (Å²) in [6.45, 7) is 1.76. The number of hydrogen-bond acceptors (Lipinski definition) is 5. The van der Waals surface area contributed by atoms with Crippen LogP contribution in [0, 0.1) is 11.7 Å². The molecule has 3 aliphatic rings. The Morgan fingerprint density at radius 1 is 1.14 bits per heavy atom. The Hall–Kier alpha value is -3.59. The molecule has 0 radical (unpaired) electrons. The minimum Gasteiger partial charge on any atom is -0.376 e. The van der Waals surface area contributed by atoms with Crippen molar-refractivity contribution in [2.45, 2.75) is 37.3 Å². The van der Waals surface area contributed by atoms with Gasteiger partial charge < -0.3 is 15.0 Å². The van der Waals surface area contributed by atoms with Crippen molar-refractivity contribution in [3.63, 3.8) is 0 Å². The van der Waals surface area contributed by atoms with Crippen LogP contribution in [0.25, 0.3) is 6.08 Å². The van der Waals surface area contributed by atoms with Gasteiger partial charge in [0.15, 0.2) is 5.54 Å². The van der Waals surface area contributed by atoms with Crippen molar-refractivity contribution in [2.24, 2.45) is 5.92 Å². The summed E-state index contributed by atoms with van der Waals surface area (Å²) in [4.78, 5) is 47.1. The fourth-order valence-corrected chi connectivity index (χ4v) is 5.39. The standard InChI is InChI=1S/C27H29FN4O4/c28-21-9-6-19(7-10-21)8-11-24(33)31-15-12-20(13-16-31)27(23-5-1-2-14-29-23)25(34)32(26(35)30-27)18-22-4-3-17-36-22/h1-2,5-11,14,20,22H,3-4,12-13,15-18H2,(H,30,35)/b11-8+/t22-,27-/m0/s1. The summed E-state index contributed by atoms with van der Waals surface area (Å²) in [5.74, 6) is -0.997. The molecule has 3 saturated heterocycles. The Balaban J connectivity index is 1.31. The Kier molecular flexibility index (Phi) is 6.82. The van der Waals surface area contributed by atoms with Crippen molar-refractivity contribution in [1.82, 2.24) is 20.1 Å². The summed E-state index contributed by atoms with van der Waals surface area (Å²) in [5, 5.41) is 2.99. The predicted molar refractivity (Wildman–Crippen MR) is 130 cm³/mol. The number of aromatic nitrogens is 1. The van der Waals surface area contributed by atoms with Gasteiger partial charge in [0.1, 0.15) is 5.82 Å². The molecule has 2 aromatic rings. The average Bonchev–Trinajstić information content (AvgIpc) is 3.51. The van der Waals surface area contributed by atoms with Crippen molar-refractivity contribution in [2.75, 3.05) is 26.2 Å². The number of halogens is 1. The van der Waals surface area contributed by atoms with Crippen LogP contribution >= 0.6 is 0 Å². The van der Waals surface area contributed by atoms with Gasteiger partial charge in [-0.25, -0.2) is 9.18 Å². The lowest BCUT2D eigenvalue weighted by Gasteiger charge is -2.40. The van der Waals surface area contributed by atoms with Gasteiger partial charge in [-0.1, -0.05) is 18.2 Å². The molecule has 0 saturated carbocycles. The van der Waals surface area contributed by atoms with Gasteiger partial charge in [0, 0.05) is 37.9 Å². The lowest BCUT2D eigenvalue weighted by atomic mass is 9.75. The number of carbonyl (C=O) groups excluding carboxylic acids is 3. The highest BCUT2D eigenvalue weighted by Crippen LogP contribution is 2.41. The normalized spacial score (nSPS) is 25.1. The first kappa shape index (κ1) is 24.1. The summed E-state index contributed by atoms with van der Waals surface area (Å²) >= 11 is 0. The zero-order valence-corrected chi connectivity index (χ0v) is 19.9. The second-order valence-electron chi connectivity index (χ2n) is 9.49. The molecule has 9 heteroatoms. The lowest BCUT2D eigenvalue weighted by Crippen LogP contribution is -2.54. The fourth-order valence-electron chi connectivity index (χ4n) is 5.39. The Labute approximate surface area is 209 Å². The van der Waals surface area contributed by atoms with E-state index >= 15 is 0 Å². The summed E-state index contributed by atoms with van der Waals surface area (Å²) in [5.41, 5.74) is -0.0192. The fraction of sp³-hybridized carbons (Fsp3) is 0.407. The molecule has 8 nitrogen and oxygen atoms in total. The first-order valence-electron chi connectivity index (χ1n) is 12.4.